The van der Waals surface area contributed by atoms with Gasteiger partial charge in [-0.1, -0.05) is 55.8 Å². The Hall–Kier alpha value is -2.17. The zero-order valence-corrected chi connectivity index (χ0v) is 18.8. The number of carboxylic acids is 1. The number of rotatable bonds is 7. The third-order valence-electron chi connectivity index (χ3n) is 3.76. The predicted molar refractivity (Wildman–Crippen MR) is 119 cm³/mol. The third-order valence-corrected chi connectivity index (χ3v) is 5.86. The Morgan fingerprint density at radius 3 is 2.66 bits per heavy atom. The van der Waals surface area contributed by atoms with Gasteiger partial charge in [0, 0.05) is 14.5 Å². The van der Waals surface area contributed by atoms with Gasteiger partial charge in [-0.3, -0.25) is 9.59 Å². The van der Waals surface area contributed by atoms with E-state index in [2.05, 4.69) is 47.4 Å². The first kappa shape index (κ1) is 21.5. The first-order chi connectivity index (χ1) is 13.9. The lowest BCUT2D eigenvalue weighted by molar-refractivity contribution is -0.138. The summed E-state index contributed by atoms with van der Waals surface area (Å²) in [5.74, 6) is -0.789. The van der Waals surface area contributed by atoms with Crippen LogP contribution in [0.5, 0.6) is 5.75 Å². The molecule has 0 radical (unpaired) electrons. The molecule has 150 valence electrons. The fraction of sp³-hybridized carbons (Fsp3) is 0.158. The average molecular weight is 541 g/mol. The molecule has 7 nitrogen and oxygen atoms in total. The zero-order valence-electron chi connectivity index (χ0n) is 14.8. The smallest absolute Gasteiger partial charge is 0.305 e. The Morgan fingerprint density at radius 2 is 1.93 bits per heavy atom. The maximum absolute atomic E-state index is 11.7. The zero-order chi connectivity index (χ0) is 20.8. The van der Waals surface area contributed by atoms with Crippen molar-refractivity contribution in [1.82, 2.24) is 5.32 Å². The van der Waals surface area contributed by atoms with Gasteiger partial charge in [0.25, 0.3) is 0 Å². The van der Waals surface area contributed by atoms with Gasteiger partial charge < -0.3 is 15.2 Å². The van der Waals surface area contributed by atoms with Crippen molar-refractivity contribution in [3.8, 4) is 5.75 Å². The van der Waals surface area contributed by atoms with Crippen molar-refractivity contribution >= 4 is 66.9 Å². The van der Waals surface area contributed by atoms with Gasteiger partial charge in [0.15, 0.2) is 5.17 Å². The lowest BCUT2D eigenvalue weighted by atomic mass is 10.2. The number of carbonyl (C=O) groups excluding carboxylic acids is 1. The van der Waals surface area contributed by atoms with Crippen molar-refractivity contribution in [2.45, 2.75) is 18.3 Å². The van der Waals surface area contributed by atoms with Gasteiger partial charge in [-0.2, -0.15) is 5.10 Å². The highest BCUT2D eigenvalue weighted by atomic mass is 79.9. The average Bonchev–Trinajstić information content (AvgIpc) is 3.01. The number of nitrogens with zero attached hydrogens (tertiary/aromatic N) is 2. The largest absolute Gasteiger partial charge is 0.488 e. The summed E-state index contributed by atoms with van der Waals surface area (Å²) < 4.78 is 7.76. The number of amides is 1. The maximum Gasteiger partial charge on any atom is 0.305 e. The molecule has 1 fully saturated rings. The van der Waals surface area contributed by atoms with Crippen LogP contribution in [0, 0.1) is 0 Å². The Labute approximate surface area is 187 Å². The first-order valence-corrected chi connectivity index (χ1v) is 10.8. The van der Waals surface area contributed by atoms with E-state index in [4.69, 9.17) is 9.84 Å². The molecule has 0 aromatic heterocycles. The minimum absolute atomic E-state index is 0.265. The number of hydrogen-bond acceptors (Lipinski definition) is 6. The number of benzene rings is 2. The molecular formula is C19H15Br2N3O4S. The highest BCUT2D eigenvalue weighted by molar-refractivity contribution is 9.10. The molecule has 1 saturated heterocycles. The second-order valence-electron chi connectivity index (χ2n) is 5.94. The summed E-state index contributed by atoms with van der Waals surface area (Å²) in [6, 6.07) is 13.4. The van der Waals surface area contributed by atoms with E-state index in [0.717, 1.165) is 26.3 Å². The monoisotopic (exact) mass is 539 g/mol. The summed E-state index contributed by atoms with van der Waals surface area (Å²) in [5.41, 5.74) is 1.73. The molecule has 29 heavy (non-hydrogen) atoms. The number of ether oxygens (including phenoxy) is 1. The molecule has 1 heterocycles. The molecule has 10 heteroatoms. The van der Waals surface area contributed by atoms with E-state index in [1.807, 2.05) is 42.5 Å². The normalized spacial score (nSPS) is 17.7. The molecule has 1 atom stereocenters. The second kappa shape index (κ2) is 10.0. The van der Waals surface area contributed by atoms with Gasteiger partial charge in [-0.15, -0.1) is 5.10 Å². The molecule has 1 aliphatic rings. The van der Waals surface area contributed by atoms with Crippen molar-refractivity contribution in [2.24, 2.45) is 10.2 Å². The van der Waals surface area contributed by atoms with Crippen molar-refractivity contribution in [1.29, 1.82) is 0 Å². The number of aliphatic carboxylic acids is 1. The van der Waals surface area contributed by atoms with Gasteiger partial charge in [-0.05, 0) is 35.9 Å². The minimum atomic E-state index is -1.04. The molecule has 0 bridgehead atoms. The summed E-state index contributed by atoms with van der Waals surface area (Å²) in [5, 5.41) is 18.9. The number of halogens is 2. The Kier molecular flexibility index (Phi) is 7.45. The number of thioether (sulfide) groups is 1. The van der Waals surface area contributed by atoms with E-state index in [0.29, 0.717) is 17.9 Å². The molecule has 3 rings (SSSR count). The van der Waals surface area contributed by atoms with E-state index in [-0.39, 0.29) is 17.5 Å². The van der Waals surface area contributed by atoms with Crippen molar-refractivity contribution in [3.05, 3.63) is 62.5 Å². The Balaban J connectivity index is 1.68. The molecule has 0 aliphatic carbocycles. The quantitative estimate of drug-likeness (QED) is 0.405. The van der Waals surface area contributed by atoms with E-state index in [1.54, 1.807) is 0 Å². The van der Waals surface area contributed by atoms with Gasteiger partial charge in [-0.25, -0.2) is 0 Å². The second-order valence-corrected chi connectivity index (χ2v) is 8.96. The molecule has 2 aromatic rings. The highest BCUT2D eigenvalue weighted by Gasteiger charge is 2.32. The third kappa shape index (κ3) is 6.41. The molecule has 1 aliphatic heterocycles. The van der Waals surface area contributed by atoms with Gasteiger partial charge >= 0.3 is 5.97 Å². The predicted octanol–water partition coefficient (Wildman–Crippen LogP) is 4.19. The molecular weight excluding hydrogens is 526 g/mol. The Morgan fingerprint density at radius 1 is 1.21 bits per heavy atom. The summed E-state index contributed by atoms with van der Waals surface area (Å²) >= 11 is 7.87. The van der Waals surface area contributed by atoms with Crippen LogP contribution in [0.15, 0.2) is 61.6 Å². The standard InChI is InChI=1S/C19H15Br2N3O4S/c20-13-3-1-11(2-4-13)10-28-15-6-5-14(21)7-12(15)9-22-24-19-23-18(27)16(29-19)8-17(25)26/h1-7,9,16H,8,10H2,(H,25,26)(H,23,24,27). The van der Waals surface area contributed by atoms with Crippen molar-refractivity contribution < 1.29 is 19.4 Å². The van der Waals surface area contributed by atoms with Gasteiger partial charge in [0.1, 0.15) is 17.6 Å². The van der Waals surface area contributed by atoms with Crippen molar-refractivity contribution in [3.63, 3.8) is 0 Å². The lowest BCUT2D eigenvalue weighted by Crippen LogP contribution is -2.26. The van der Waals surface area contributed by atoms with Crippen LogP contribution in [0.3, 0.4) is 0 Å². The molecule has 1 unspecified atom stereocenters. The van der Waals surface area contributed by atoms with Gasteiger partial charge in [0.05, 0.1) is 12.6 Å². The van der Waals surface area contributed by atoms with Crippen LogP contribution in [0.1, 0.15) is 17.5 Å². The van der Waals surface area contributed by atoms with Crippen molar-refractivity contribution in [2.75, 3.05) is 0 Å². The fourth-order valence-corrected chi connectivity index (χ4v) is 3.94. The summed E-state index contributed by atoms with van der Waals surface area (Å²) in [4.78, 5) is 22.5. The first-order valence-electron chi connectivity index (χ1n) is 8.38. The molecule has 2 N–H and O–H groups in total. The van der Waals surface area contributed by atoms with E-state index in [1.165, 1.54) is 6.21 Å². The van der Waals surface area contributed by atoms with Crippen LogP contribution < -0.4 is 10.1 Å². The summed E-state index contributed by atoms with van der Waals surface area (Å²) in [6.07, 6.45) is 1.25. The van der Waals surface area contributed by atoms with E-state index < -0.39 is 11.2 Å². The summed E-state index contributed by atoms with van der Waals surface area (Å²) in [6.45, 7) is 0.396. The van der Waals surface area contributed by atoms with Crippen LogP contribution in [-0.4, -0.2) is 33.6 Å². The maximum atomic E-state index is 11.7. The van der Waals surface area contributed by atoms with Crippen LogP contribution >= 0.6 is 43.6 Å². The molecule has 0 saturated carbocycles. The topological polar surface area (TPSA) is 100 Å². The number of carboxylic acid groups (broad SMARTS) is 1. The van der Waals surface area contributed by atoms with Crippen LogP contribution in [0.4, 0.5) is 0 Å². The number of nitrogens with one attached hydrogen (secondary N) is 1. The molecule has 2 aromatic carbocycles. The fourth-order valence-electron chi connectivity index (χ4n) is 2.38. The minimum Gasteiger partial charge on any atom is -0.488 e. The Bertz CT molecular complexity index is 980. The van der Waals surface area contributed by atoms with E-state index >= 15 is 0 Å². The number of hydrogen-bond donors (Lipinski definition) is 2. The number of amidine groups is 1. The van der Waals surface area contributed by atoms with Crippen LogP contribution in [0.2, 0.25) is 0 Å². The van der Waals surface area contributed by atoms with E-state index in [9.17, 15) is 9.59 Å². The van der Waals surface area contributed by atoms with Crippen LogP contribution in [-0.2, 0) is 16.2 Å². The SMILES string of the molecule is O=C(O)CC1SC(=NN=Cc2cc(Br)ccc2OCc2ccc(Br)cc2)NC1=O. The highest BCUT2D eigenvalue weighted by Crippen LogP contribution is 2.24. The molecule has 1 amide bonds. The van der Waals surface area contributed by atoms with Gasteiger partial charge in [0.2, 0.25) is 5.91 Å². The number of carbonyl (C=O) groups is 2. The van der Waals surface area contributed by atoms with Crippen LogP contribution in [0.25, 0.3) is 0 Å². The lowest BCUT2D eigenvalue weighted by Gasteiger charge is -2.09. The molecule has 0 spiro atoms. The summed E-state index contributed by atoms with van der Waals surface area (Å²) in [7, 11) is 0.